The molecule has 1 unspecified atom stereocenters. The number of hydrogen-bond donors (Lipinski definition) is 0. The first-order valence-corrected chi connectivity index (χ1v) is 11.0. The van der Waals surface area contributed by atoms with E-state index in [-0.39, 0.29) is 11.5 Å². The fraction of sp³-hybridized carbons (Fsp3) is 0.632. The number of sulfonamides is 1. The lowest BCUT2D eigenvalue weighted by molar-refractivity contribution is -0.168. The lowest BCUT2D eigenvalue weighted by Crippen LogP contribution is -2.35. The van der Waals surface area contributed by atoms with Crippen LogP contribution in [0.1, 0.15) is 52.5 Å². The van der Waals surface area contributed by atoms with Gasteiger partial charge in [0.15, 0.2) is 6.10 Å². The highest BCUT2D eigenvalue weighted by Gasteiger charge is 2.27. The second kappa shape index (κ2) is 8.90. The molecule has 0 aliphatic carbocycles. The minimum absolute atomic E-state index is 0.0165. The van der Waals surface area contributed by atoms with Crippen LogP contribution in [0.3, 0.4) is 0 Å². The Morgan fingerprint density at radius 3 is 2.44 bits per heavy atom. The topological polar surface area (TPSA) is 72.9 Å². The molecule has 0 spiro atoms. The number of ether oxygens (including phenoxy) is 2. The van der Waals surface area contributed by atoms with E-state index in [2.05, 4.69) is 0 Å². The van der Waals surface area contributed by atoms with Crippen LogP contribution >= 0.6 is 11.6 Å². The second-order valence-corrected chi connectivity index (χ2v) is 10.0. The van der Waals surface area contributed by atoms with Gasteiger partial charge in [0.05, 0.1) is 11.5 Å². The van der Waals surface area contributed by atoms with Crippen molar-refractivity contribution in [3.8, 4) is 0 Å². The Hall–Kier alpha value is -1.15. The largest absolute Gasteiger partial charge is 0.458 e. The molecule has 0 radical (unpaired) electrons. The number of piperidine rings is 1. The molecule has 0 amide bonds. The maximum Gasteiger partial charge on any atom is 0.335 e. The Morgan fingerprint density at radius 1 is 1.22 bits per heavy atom. The third-order valence-corrected chi connectivity index (χ3v) is 6.46. The van der Waals surface area contributed by atoms with Crippen LogP contribution in [0.15, 0.2) is 23.1 Å². The Morgan fingerprint density at radius 2 is 1.85 bits per heavy atom. The molecule has 0 aromatic heterocycles. The third kappa shape index (κ3) is 6.17. The summed E-state index contributed by atoms with van der Waals surface area (Å²) in [6.07, 6.45) is 2.00. The van der Waals surface area contributed by atoms with Gasteiger partial charge in [0.25, 0.3) is 0 Å². The molecule has 0 N–H and O–H groups in total. The molecule has 6 nitrogen and oxygen atoms in total. The first kappa shape index (κ1) is 22.1. The zero-order valence-electron chi connectivity index (χ0n) is 16.3. The van der Waals surface area contributed by atoms with Crippen LogP contribution < -0.4 is 0 Å². The highest BCUT2D eigenvalue weighted by Crippen LogP contribution is 2.26. The van der Waals surface area contributed by atoms with Crippen molar-refractivity contribution >= 4 is 27.6 Å². The summed E-state index contributed by atoms with van der Waals surface area (Å²) in [6.45, 7) is 8.02. The van der Waals surface area contributed by atoms with E-state index < -0.39 is 27.7 Å². The first-order valence-electron chi connectivity index (χ1n) is 9.14. The summed E-state index contributed by atoms with van der Waals surface area (Å²) < 4.78 is 38.0. The van der Waals surface area contributed by atoms with Gasteiger partial charge in [0.1, 0.15) is 5.60 Å². The van der Waals surface area contributed by atoms with Crippen LogP contribution in [0.5, 0.6) is 0 Å². The van der Waals surface area contributed by atoms with Crippen LogP contribution in [0.2, 0.25) is 5.02 Å². The monoisotopic (exact) mass is 417 g/mol. The maximum atomic E-state index is 12.8. The van der Waals surface area contributed by atoms with Crippen molar-refractivity contribution in [1.29, 1.82) is 0 Å². The lowest BCUT2D eigenvalue weighted by Gasteiger charge is -2.26. The number of rotatable bonds is 6. The zero-order chi connectivity index (χ0) is 20.2. The summed E-state index contributed by atoms with van der Waals surface area (Å²) in [7, 11) is -3.55. The van der Waals surface area contributed by atoms with E-state index in [1.165, 1.54) is 16.4 Å². The van der Waals surface area contributed by atoms with Gasteiger partial charge in [-0.05, 0) is 64.3 Å². The van der Waals surface area contributed by atoms with Gasteiger partial charge in [-0.1, -0.05) is 18.0 Å². The molecule has 1 heterocycles. The highest BCUT2D eigenvalue weighted by atomic mass is 35.5. The first-order chi connectivity index (χ1) is 12.5. The molecule has 0 bridgehead atoms. The quantitative estimate of drug-likeness (QED) is 0.659. The van der Waals surface area contributed by atoms with Gasteiger partial charge in [0.2, 0.25) is 10.0 Å². The minimum atomic E-state index is -3.55. The fourth-order valence-corrected chi connectivity index (χ4v) is 4.48. The molecule has 27 heavy (non-hydrogen) atoms. The van der Waals surface area contributed by atoms with Crippen LogP contribution in [-0.4, -0.2) is 43.5 Å². The molecule has 0 saturated carbocycles. The Labute approximate surface area is 166 Å². The summed E-state index contributed by atoms with van der Waals surface area (Å²) in [6, 6.07) is 4.58. The van der Waals surface area contributed by atoms with E-state index in [9.17, 15) is 13.2 Å². The smallest absolute Gasteiger partial charge is 0.335 e. The average molecular weight is 418 g/mol. The molecule has 1 aromatic carbocycles. The van der Waals surface area contributed by atoms with E-state index >= 15 is 0 Å². The number of esters is 1. The van der Waals surface area contributed by atoms with Gasteiger partial charge in [-0.2, -0.15) is 4.31 Å². The molecule has 1 aliphatic rings. The summed E-state index contributed by atoms with van der Waals surface area (Å²) in [5.41, 5.74) is -0.0837. The van der Waals surface area contributed by atoms with Crippen LogP contribution in [0.25, 0.3) is 0 Å². The Balaban J connectivity index is 2.10. The summed E-state index contributed by atoms with van der Waals surface area (Å²) in [4.78, 5) is 12.2. The fourth-order valence-electron chi connectivity index (χ4n) is 2.74. The number of carbonyl (C=O) groups excluding carboxylic acids is 1. The Bertz CT molecular complexity index is 767. The standard InChI is InChI=1S/C19H28ClNO5S/c1-14(18(22)26-19(2,3)4)25-13-15-12-16(8-9-17(15)20)27(23,24)21-10-6-5-7-11-21/h8-9,12,14H,5-7,10-11,13H2,1-4H3. The van der Waals surface area contributed by atoms with Crippen molar-refractivity contribution in [3.63, 3.8) is 0 Å². The van der Waals surface area contributed by atoms with E-state index in [1.54, 1.807) is 33.8 Å². The van der Waals surface area contributed by atoms with Crippen LogP contribution in [-0.2, 0) is 30.9 Å². The van der Waals surface area contributed by atoms with E-state index in [0.29, 0.717) is 23.7 Å². The van der Waals surface area contributed by atoms with Crippen molar-refractivity contribution in [1.82, 2.24) is 4.31 Å². The number of hydrogen-bond acceptors (Lipinski definition) is 5. The molecular formula is C19H28ClNO5S. The van der Waals surface area contributed by atoms with Crippen LogP contribution in [0.4, 0.5) is 0 Å². The maximum absolute atomic E-state index is 12.8. The molecule has 1 aromatic rings. The Kier molecular flexibility index (Phi) is 7.30. The molecule has 1 atom stereocenters. The summed E-state index contributed by atoms with van der Waals surface area (Å²) >= 11 is 6.20. The molecule has 2 rings (SSSR count). The summed E-state index contributed by atoms with van der Waals surface area (Å²) in [5.74, 6) is -0.476. The van der Waals surface area contributed by atoms with Gasteiger partial charge in [-0.25, -0.2) is 13.2 Å². The molecule has 1 saturated heterocycles. The van der Waals surface area contributed by atoms with E-state index in [1.807, 2.05) is 0 Å². The van der Waals surface area contributed by atoms with Crippen molar-refractivity contribution < 1.29 is 22.7 Å². The van der Waals surface area contributed by atoms with Gasteiger partial charge in [-0.15, -0.1) is 0 Å². The van der Waals surface area contributed by atoms with E-state index in [4.69, 9.17) is 21.1 Å². The SMILES string of the molecule is CC(OCc1cc(S(=O)(=O)N2CCCCC2)ccc1Cl)C(=O)OC(C)(C)C. The number of carbonyl (C=O) groups is 1. The molecule has 152 valence electrons. The number of benzene rings is 1. The van der Waals surface area contributed by atoms with Crippen molar-refractivity contribution in [2.45, 2.75) is 70.2 Å². The number of nitrogens with zero attached hydrogens (tertiary/aromatic N) is 1. The lowest BCUT2D eigenvalue weighted by atomic mass is 10.2. The van der Waals surface area contributed by atoms with Gasteiger partial charge < -0.3 is 9.47 Å². The minimum Gasteiger partial charge on any atom is -0.458 e. The van der Waals surface area contributed by atoms with Crippen molar-refractivity contribution in [2.75, 3.05) is 13.1 Å². The normalized spacial score (nSPS) is 17.5. The van der Waals surface area contributed by atoms with Crippen molar-refractivity contribution in [3.05, 3.63) is 28.8 Å². The molecule has 1 aliphatic heterocycles. The van der Waals surface area contributed by atoms with Gasteiger partial charge in [-0.3, -0.25) is 0 Å². The predicted octanol–water partition coefficient (Wildman–Crippen LogP) is 3.76. The third-order valence-electron chi connectivity index (χ3n) is 4.20. The molecular weight excluding hydrogens is 390 g/mol. The predicted molar refractivity (Wildman–Crippen MR) is 104 cm³/mol. The van der Waals surface area contributed by atoms with Crippen LogP contribution in [0, 0.1) is 0 Å². The number of halogens is 1. The highest BCUT2D eigenvalue weighted by molar-refractivity contribution is 7.89. The van der Waals surface area contributed by atoms with Gasteiger partial charge >= 0.3 is 5.97 Å². The molecule has 1 fully saturated rings. The zero-order valence-corrected chi connectivity index (χ0v) is 17.9. The average Bonchev–Trinajstić information content (AvgIpc) is 2.59. The second-order valence-electron chi connectivity index (χ2n) is 7.70. The van der Waals surface area contributed by atoms with E-state index in [0.717, 1.165) is 19.3 Å². The molecule has 8 heteroatoms. The summed E-state index contributed by atoms with van der Waals surface area (Å²) in [5, 5.41) is 0.393. The van der Waals surface area contributed by atoms with Crippen molar-refractivity contribution in [2.24, 2.45) is 0 Å². The van der Waals surface area contributed by atoms with Gasteiger partial charge in [0, 0.05) is 18.1 Å².